The van der Waals surface area contributed by atoms with E-state index in [1.807, 2.05) is 11.4 Å². The van der Waals surface area contributed by atoms with Crippen molar-refractivity contribution in [1.29, 1.82) is 0 Å². The SMILES string of the molecule is CCc1ccsc1C(=O)NCCSCC(C)(C)O. The summed E-state index contributed by atoms with van der Waals surface area (Å²) in [6.45, 7) is 6.27. The van der Waals surface area contributed by atoms with E-state index in [0.29, 0.717) is 12.3 Å². The summed E-state index contributed by atoms with van der Waals surface area (Å²) in [4.78, 5) is 12.7. The van der Waals surface area contributed by atoms with Crippen LogP contribution in [0.4, 0.5) is 0 Å². The van der Waals surface area contributed by atoms with Gasteiger partial charge in [0.05, 0.1) is 10.5 Å². The third-order valence-corrected chi connectivity index (χ3v) is 4.68. The molecule has 102 valence electrons. The average molecular weight is 287 g/mol. The molecule has 1 amide bonds. The number of hydrogen-bond donors (Lipinski definition) is 2. The summed E-state index contributed by atoms with van der Waals surface area (Å²) in [6, 6.07) is 2.00. The van der Waals surface area contributed by atoms with Gasteiger partial charge in [0.15, 0.2) is 0 Å². The fraction of sp³-hybridized carbons (Fsp3) is 0.615. The molecule has 0 aliphatic carbocycles. The van der Waals surface area contributed by atoms with Gasteiger partial charge in [0, 0.05) is 18.1 Å². The summed E-state index contributed by atoms with van der Waals surface area (Å²) in [5, 5.41) is 14.4. The summed E-state index contributed by atoms with van der Waals surface area (Å²) < 4.78 is 0. The van der Waals surface area contributed by atoms with Gasteiger partial charge in [-0.25, -0.2) is 0 Å². The quantitative estimate of drug-likeness (QED) is 0.758. The maximum Gasteiger partial charge on any atom is 0.261 e. The van der Waals surface area contributed by atoms with Crippen molar-refractivity contribution in [3.8, 4) is 0 Å². The van der Waals surface area contributed by atoms with Crippen molar-refractivity contribution in [3.05, 3.63) is 21.9 Å². The molecule has 1 aromatic heterocycles. The van der Waals surface area contributed by atoms with E-state index >= 15 is 0 Å². The van der Waals surface area contributed by atoms with E-state index < -0.39 is 5.60 Å². The van der Waals surface area contributed by atoms with Crippen LogP contribution in [0.25, 0.3) is 0 Å². The normalized spacial score (nSPS) is 11.6. The number of thioether (sulfide) groups is 1. The molecule has 0 atom stereocenters. The van der Waals surface area contributed by atoms with Crippen molar-refractivity contribution in [2.45, 2.75) is 32.8 Å². The molecule has 0 aliphatic heterocycles. The summed E-state index contributed by atoms with van der Waals surface area (Å²) in [5.74, 6) is 1.52. The average Bonchev–Trinajstić information content (AvgIpc) is 2.74. The highest BCUT2D eigenvalue weighted by Gasteiger charge is 2.13. The molecular formula is C13H21NO2S2. The van der Waals surface area contributed by atoms with Gasteiger partial charge in [0.2, 0.25) is 0 Å². The molecule has 0 aliphatic rings. The monoisotopic (exact) mass is 287 g/mol. The van der Waals surface area contributed by atoms with Crippen LogP contribution in [0, 0.1) is 0 Å². The summed E-state index contributed by atoms with van der Waals surface area (Å²) in [7, 11) is 0. The van der Waals surface area contributed by atoms with Crippen molar-refractivity contribution < 1.29 is 9.90 Å². The van der Waals surface area contributed by atoms with Crippen molar-refractivity contribution in [3.63, 3.8) is 0 Å². The minimum atomic E-state index is -0.641. The molecule has 1 heterocycles. The van der Waals surface area contributed by atoms with Crippen LogP contribution in [0.5, 0.6) is 0 Å². The molecule has 0 unspecified atom stereocenters. The predicted octanol–water partition coefficient (Wildman–Crippen LogP) is 2.54. The van der Waals surface area contributed by atoms with Gasteiger partial charge in [-0.2, -0.15) is 11.8 Å². The molecule has 0 radical (unpaired) electrons. The van der Waals surface area contributed by atoms with Crippen LogP contribution in [-0.2, 0) is 6.42 Å². The van der Waals surface area contributed by atoms with E-state index in [2.05, 4.69) is 12.2 Å². The lowest BCUT2D eigenvalue weighted by molar-refractivity contribution is 0.0959. The number of carbonyl (C=O) groups is 1. The van der Waals surface area contributed by atoms with Gasteiger partial charge >= 0.3 is 0 Å². The number of amides is 1. The van der Waals surface area contributed by atoms with Gasteiger partial charge in [-0.15, -0.1) is 11.3 Å². The fourth-order valence-electron chi connectivity index (χ4n) is 1.45. The molecular weight excluding hydrogens is 266 g/mol. The van der Waals surface area contributed by atoms with Crippen molar-refractivity contribution in [2.75, 3.05) is 18.1 Å². The Bertz CT molecular complexity index is 383. The van der Waals surface area contributed by atoms with E-state index in [0.717, 1.165) is 22.6 Å². The highest BCUT2D eigenvalue weighted by Crippen LogP contribution is 2.17. The van der Waals surface area contributed by atoms with E-state index in [-0.39, 0.29) is 5.91 Å². The smallest absolute Gasteiger partial charge is 0.261 e. The molecule has 2 N–H and O–H groups in total. The number of aryl methyl sites for hydroxylation is 1. The van der Waals surface area contributed by atoms with E-state index in [1.165, 1.54) is 11.3 Å². The summed E-state index contributed by atoms with van der Waals surface area (Å²) in [6.07, 6.45) is 0.889. The summed E-state index contributed by atoms with van der Waals surface area (Å²) in [5.41, 5.74) is 0.472. The Balaban J connectivity index is 2.26. The lowest BCUT2D eigenvalue weighted by Crippen LogP contribution is -2.27. The molecule has 1 aromatic rings. The molecule has 0 aromatic carbocycles. The Morgan fingerprint density at radius 3 is 2.89 bits per heavy atom. The Morgan fingerprint density at radius 1 is 1.56 bits per heavy atom. The van der Waals surface area contributed by atoms with Crippen molar-refractivity contribution >= 4 is 29.0 Å². The standard InChI is InChI=1S/C13H21NO2S2/c1-4-10-5-7-18-11(10)12(15)14-6-8-17-9-13(2,3)16/h5,7,16H,4,6,8-9H2,1-3H3,(H,14,15). The van der Waals surface area contributed by atoms with E-state index in [1.54, 1.807) is 25.6 Å². The van der Waals surface area contributed by atoms with Crippen LogP contribution in [0.15, 0.2) is 11.4 Å². The predicted molar refractivity (Wildman–Crippen MR) is 79.7 cm³/mol. The molecule has 1 rings (SSSR count). The van der Waals surface area contributed by atoms with Crippen molar-refractivity contribution in [1.82, 2.24) is 5.32 Å². The minimum absolute atomic E-state index is 0.0192. The fourth-order valence-corrected chi connectivity index (χ4v) is 3.25. The Kier molecular flexibility index (Phi) is 6.18. The first-order chi connectivity index (χ1) is 8.44. The minimum Gasteiger partial charge on any atom is -0.390 e. The Hall–Kier alpha value is -0.520. The van der Waals surface area contributed by atoms with E-state index in [9.17, 15) is 9.90 Å². The largest absolute Gasteiger partial charge is 0.390 e. The number of rotatable bonds is 7. The third-order valence-electron chi connectivity index (χ3n) is 2.32. The number of thiophene rings is 1. The molecule has 0 saturated carbocycles. The van der Waals surface area contributed by atoms with Crippen LogP contribution in [0.3, 0.4) is 0 Å². The second-order valence-corrected chi connectivity index (χ2v) is 6.77. The maximum absolute atomic E-state index is 11.9. The number of nitrogens with one attached hydrogen (secondary N) is 1. The van der Waals surface area contributed by atoms with Gasteiger partial charge in [-0.1, -0.05) is 6.92 Å². The molecule has 0 spiro atoms. The highest BCUT2D eigenvalue weighted by atomic mass is 32.2. The van der Waals surface area contributed by atoms with Crippen LogP contribution < -0.4 is 5.32 Å². The number of carbonyl (C=O) groups excluding carboxylic acids is 1. The molecule has 3 nitrogen and oxygen atoms in total. The zero-order valence-electron chi connectivity index (χ0n) is 11.2. The van der Waals surface area contributed by atoms with E-state index in [4.69, 9.17) is 0 Å². The zero-order valence-corrected chi connectivity index (χ0v) is 12.8. The maximum atomic E-state index is 11.9. The first-order valence-electron chi connectivity index (χ1n) is 6.08. The molecule has 18 heavy (non-hydrogen) atoms. The van der Waals surface area contributed by atoms with Gasteiger partial charge < -0.3 is 10.4 Å². The summed E-state index contributed by atoms with van der Waals surface area (Å²) >= 11 is 3.14. The Morgan fingerprint density at radius 2 is 2.28 bits per heavy atom. The second kappa shape index (κ2) is 7.16. The third kappa shape index (κ3) is 5.42. The Labute approximate surface area is 117 Å². The van der Waals surface area contributed by atoms with Gasteiger partial charge in [0.1, 0.15) is 0 Å². The first-order valence-corrected chi connectivity index (χ1v) is 8.12. The van der Waals surface area contributed by atoms with Crippen LogP contribution >= 0.6 is 23.1 Å². The van der Waals surface area contributed by atoms with Crippen molar-refractivity contribution in [2.24, 2.45) is 0 Å². The molecule has 5 heteroatoms. The van der Waals surface area contributed by atoms with Gasteiger partial charge in [0.25, 0.3) is 5.91 Å². The van der Waals surface area contributed by atoms with Gasteiger partial charge in [-0.05, 0) is 37.3 Å². The lowest BCUT2D eigenvalue weighted by Gasteiger charge is -2.16. The second-order valence-electron chi connectivity index (χ2n) is 4.75. The van der Waals surface area contributed by atoms with Crippen LogP contribution in [-0.4, -0.2) is 34.7 Å². The zero-order chi connectivity index (χ0) is 13.6. The number of aliphatic hydroxyl groups is 1. The molecule has 0 fully saturated rings. The lowest BCUT2D eigenvalue weighted by atomic mass is 10.2. The first kappa shape index (κ1) is 15.5. The van der Waals surface area contributed by atoms with Gasteiger partial charge in [-0.3, -0.25) is 4.79 Å². The van der Waals surface area contributed by atoms with Crippen LogP contribution in [0.1, 0.15) is 36.0 Å². The molecule has 0 saturated heterocycles. The number of hydrogen-bond acceptors (Lipinski definition) is 4. The van der Waals surface area contributed by atoms with Crippen LogP contribution in [0.2, 0.25) is 0 Å². The topological polar surface area (TPSA) is 49.3 Å². The highest BCUT2D eigenvalue weighted by molar-refractivity contribution is 7.99. The molecule has 0 bridgehead atoms.